The summed E-state index contributed by atoms with van der Waals surface area (Å²) >= 11 is 0. The molecule has 36 heavy (non-hydrogen) atoms. The van der Waals surface area contributed by atoms with Crippen LogP contribution in [0.15, 0.2) is 34.2 Å². The summed E-state index contributed by atoms with van der Waals surface area (Å²) < 4.78 is 76.8. The fourth-order valence-electron chi connectivity index (χ4n) is 4.41. The molecule has 0 radical (unpaired) electrons. The Hall–Kier alpha value is -3.72. The number of aromatic amines is 1. The molecule has 15 heteroatoms. The molecule has 4 aromatic rings. The Labute approximate surface area is 198 Å². The Balaban J connectivity index is 1.40. The van der Waals surface area contributed by atoms with E-state index in [-0.39, 0.29) is 34.7 Å². The predicted molar refractivity (Wildman–Crippen MR) is 117 cm³/mol. The highest BCUT2D eigenvalue weighted by Gasteiger charge is 2.48. The first-order chi connectivity index (χ1) is 17.2. The molecule has 0 amide bonds. The van der Waals surface area contributed by atoms with E-state index in [1.807, 2.05) is 0 Å². The highest BCUT2D eigenvalue weighted by Crippen LogP contribution is 2.31. The maximum Gasteiger partial charge on any atom is 0.299 e. The van der Waals surface area contributed by atoms with Gasteiger partial charge in [-0.1, -0.05) is 11.3 Å². The molecule has 2 aliphatic heterocycles. The summed E-state index contributed by atoms with van der Waals surface area (Å²) in [7, 11) is 0. The standard InChI is InChI=1S/C21H17F5N8O2/c22-12-4-34-18(17(12)10-1-2-13-14(3-10)33(31-29-13)6-16(23)24)19(35)28-20(30-34)27-15-5-32(9-21(15,25)26)11-7-36-8-11/h1-4,11,16H,5-9H2,(H,28,30,35)/b27-15+. The number of ether oxygens (including phenoxy) is 1. The van der Waals surface area contributed by atoms with Gasteiger partial charge in [-0.2, -0.15) is 8.78 Å². The van der Waals surface area contributed by atoms with E-state index in [0.717, 1.165) is 15.4 Å². The van der Waals surface area contributed by atoms with Crippen molar-refractivity contribution in [1.82, 2.24) is 34.5 Å². The number of fused-ring (bicyclic) bond motifs is 2. The van der Waals surface area contributed by atoms with Crippen LogP contribution >= 0.6 is 0 Å². The van der Waals surface area contributed by atoms with Gasteiger partial charge < -0.3 is 4.74 Å². The minimum atomic E-state index is -3.22. The van der Waals surface area contributed by atoms with Gasteiger partial charge in [0.2, 0.25) is 5.95 Å². The molecule has 0 aliphatic carbocycles. The van der Waals surface area contributed by atoms with Gasteiger partial charge in [-0.05, 0) is 17.7 Å². The van der Waals surface area contributed by atoms with Crippen molar-refractivity contribution in [1.29, 1.82) is 0 Å². The lowest BCUT2D eigenvalue weighted by Gasteiger charge is -2.33. The van der Waals surface area contributed by atoms with E-state index in [1.54, 1.807) is 4.90 Å². The third-order valence-corrected chi connectivity index (χ3v) is 6.25. The molecule has 1 N–H and O–H groups in total. The molecular weight excluding hydrogens is 491 g/mol. The Bertz CT molecular complexity index is 1570. The molecule has 10 nitrogen and oxygen atoms in total. The molecule has 5 heterocycles. The fourth-order valence-corrected chi connectivity index (χ4v) is 4.41. The van der Waals surface area contributed by atoms with E-state index in [9.17, 15) is 22.4 Å². The van der Waals surface area contributed by atoms with E-state index in [2.05, 4.69) is 25.4 Å². The number of nitrogens with zero attached hydrogens (tertiary/aromatic N) is 7. The minimum Gasteiger partial charge on any atom is -0.378 e. The van der Waals surface area contributed by atoms with Crippen LogP contribution in [0.1, 0.15) is 0 Å². The Kier molecular flexibility index (Phi) is 5.15. The first-order valence-corrected chi connectivity index (χ1v) is 10.9. The molecule has 6 rings (SSSR count). The third-order valence-electron chi connectivity index (χ3n) is 6.25. The number of aliphatic imine (C=N–C) groups is 1. The monoisotopic (exact) mass is 508 g/mol. The number of hydrogen-bond donors (Lipinski definition) is 1. The van der Waals surface area contributed by atoms with Crippen LogP contribution in [0.3, 0.4) is 0 Å². The van der Waals surface area contributed by atoms with Crippen LogP contribution in [0.4, 0.5) is 27.9 Å². The zero-order valence-electron chi connectivity index (χ0n) is 18.3. The number of likely N-dealkylation sites (tertiary alicyclic amines) is 1. The van der Waals surface area contributed by atoms with Crippen LogP contribution in [0.5, 0.6) is 0 Å². The topological polar surface area (TPSA) is 106 Å². The van der Waals surface area contributed by atoms with Gasteiger partial charge in [0.05, 0.1) is 43.1 Å². The third kappa shape index (κ3) is 3.74. The quantitative estimate of drug-likeness (QED) is 0.415. The van der Waals surface area contributed by atoms with Gasteiger partial charge in [0.25, 0.3) is 17.9 Å². The van der Waals surface area contributed by atoms with Crippen LogP contribution in [0, 0.1) is 5.82 Å². The van der Waals surface area contributed by atoms with Crippen molar-refractivity contribution in [3.63, 3.8) is 0 Å². The van der Waals surface area contributed by atoms with Crippen molar-refractivity contribution >= 4 is 28.2 Å². The second-order valence-electron chi connectivity index (χ2n) is 8.65. The van der Waals surface area contributed by atoms with Gasteiger partial charge in [-0.15, -0.1) is 10.2 Å². The van der Waals surface area contributed by atoms with Gasteiger partial charge in [0, 0.05) is 6.54 Å². The molecule has 2 aliphatic rings. The number of nitrogens with one attached hydrogen (secondary N) is 1. The second-order valence-corrected chi connectivity index (χ2v) is 8.65. The van der Waals surface area contributed by atoms with E-state index in [0.29, 0.717) is 18.7 Å². The molecule has 0 spiro atoms. The molecule has 0 atom stereocenters. The lowest BCUT2D eigenvalue weighted by Crippen LogP contribution is -2.48. The molecule has 0 saturated carbocycles. The first kappa shape index (κ1) is 22.7. The molecule has 2 saturated heterocycles. The van der Waals surface area contributed by atoms with Gasteiger partial charge in [0.15, 0.2) is 5.82 Å². The average molecular weight is 508 g/mol. The number of hydrogen-bond acceptors (Lipinski definition) is 7. The van der Waals surface area contributed by atoms with E-state index in [4.69, 9.17) is 4.74 Å². The SMILES string of the molecule is O=c1[nH]c(/N=C2\CN(C3COC3)CC2(F)F)nn2cc(F)c(-c3ccc4nnn(CC(F)F)c4c3)c12. The maximum atomic E-state index is 15.0. The van der Waals surface area contributed by atoms with Gasteiger partial charge in [-0.25, -0.2) is 27.4 Å². The minimum absolute atomic E-state index is 0.117. The normalized spacial score (nSPS) is 19.8. The summed E-state index contributed by atoms with van der Waals surface area (Å²) in [6.07, 6.45) is -1.76. The Morgan fingerprint density at radius 3 is 2.81 bits per heavy atom. The first-order valence-electron chi connectivity index (χ1n) is 10.9. The summed E-state index contributed by atoms with van der Waals surface area (Å²) in [6, 6.07) is 4.20. The van der Waals surface area contributed by atoms with Crippen molar-refractivity contribution in [3.05, 3.63) is 40.6 Å². The van der Waals surface area contributed by atoms with Crippen molar-refractivity contribution in [3.8, 4) is 11.1 Å². The van der Waals surface area contributed by atoms with Crippen molar-refractivity contribution < 1.29 is 26.7 Å². The van der Waals surface area contributed by atoms with Crippen molar-refractivity contribution in [2.75, 3.05) is 26.3 Å². The van der Waals surface area contributed by atoms with Crippen LogP contribution < -0.4 is 5.56 Å². The molecule has 1 aromatic carbocycles. The second kappa shape index (κ2) is 8.16. The number of rotatable bonds is 5. The molecule has 0 bridgehead atoms. The van der Waals surface area contributed by atoms with Crippen LogP contribution in [0.2, 0.25) is 0 Å². The lowest BCUT2D eigenvalue weighted by atomic mass is 10.1. The van der Waals surface area contributed by atoms with E-state index in [1.165, 1.54) is 18.2 Å². The van der Waals surface area contributed by atoms with Crippen LogP contribution in [-0.2, 0) is 11.3 Å². The lowest BCUT2D eigenvalue weighted by molar-refractivity contribution is -0.0694. The van der Waals surface area contributed by atoms with Gasteiger partial charge >= 0.3 is 0 Å². The van der Waals surface area contributed by atoms with Gasteiger partial charge in [0.1, 0.15) is 23.3 Å². The fraction of sp³-hybridized carbons (Fsp3) is 0.381. The summed E-state index contributed by atoms with van der Waals surface area (Å²) in [5.41, 5.74) is -0.875. The van der Waals surface area contributed by atoms with Crippen molar-refractivity contribution in [2.45, 2.75) is 24.9 Å². The maximum absolute atomic E-state index is 15.0. The van der Waals surface area contributed by atoms with E-state index < -0.39 is 48.5 Å². The predicted octanol–water partition coefficient (Wildman–Crippen LogP) is 2.26. The molecule has 0 unspecified atom stereocenters. The largest absolute Gasteiger partial charge is 0.378 e. The number of halogens is 5. The highest BCUT2D eigenvalue weighted by molar-refractivity contribution is 5.96. The highest BCUT2D eigenvalue weighted by atomic mass is 19.3. The number of alkyl halides is 4. The van der Waals surface area contributed by atoms with Crippen LogP contribution in [0.25, 0.3) is 27.7 Å². The van der Waals surface area contributed by atoms with Crippen molar-refractivity contribution in [2.24, 2.45) is 4.99 Å². The Morgan fingerprint density at radius 1 is 1.28 bits per heavy atom. The smallest absolute Gasteiger partial charge is 0.299 e. The number of benzene rings is 1. The summed E-state index contributed by atoms with van der Waals surface area (Å²) in [5, 5.41) is 11.5. The average Bonchev–Trinajstić information content (AvgIpc) is 3.39. The van der Waals surface area contributed by atoms with E-state index >= 15 is 4.39 Å². The number of H-pyrrole nitrogens is 1. The van der Waals surface area contributed by atoms with Gasteiger partial charge in [-0.3, -0.25) is 14.7 Å². The zero-order valence-corrected chi connectivity index (χ0v) is 18.3. The summed E-state index contributed by atoms with van der Waals surface area (Å²) in [4.78, 5) is 20.7. The molecule has 188 valence electrons. The summed E-state index contributed by atoms with van der Waals surface area (Å²) in [6.45, 7) is -0.621. The summed E-state index contributed by atoms with van der Waals surface area (Å²) in [5.74, 6) is -4.45. The molecule has 3 aromatic heterocycles. The van der Waals surface area contributed by atoms with Crippen LogP contribution in [-0.4, -0.2) is 84.9 Å². The zero-order chi connectivity index (χ0) is 25.2. The molecular formula is C21H17F5N8O2. The number of aromatic nitrogens is 6. The Morgan fingerprint density at radius 2 is 2.08 bits per heavy atom. The molecule has 2 fully saturated rings.